The first-order valence-electron chi connectivity index (χ1n) is 6.67. The summed E-state index contributed by atoms with van der Waals surface area (Å²) >= 11 is 0. The molecule has 3 rings (SSSR count). The summed E-state index contributed by atoms with van der Waals surface area (Å²) in [7, 11) is 1.62. The van der Waals surface area contributed by atoms with Crippen LogP contribution in [-0.2, 0) is 0 Å². The van der Waals surface area contributed by atoms with E-state index in [1.165, 1.54) is 5.56 Å². The third kappa shape index (κ3) is 2.60. The van der Waals surface area contributed by atoms with Gasteiger partial charge in [0.05, 0.1) is 19.0 Å². The van der Waals surface area contributed by atoms with E-state index in [4.69, 9.17) is 4.74 Å². The monoisotopic (exact) mass is 280 g/mol. The summed E-state index contributed by atoms with van der Waals surface area (Å²) in [5, 5.41) is 14.6. The van der Waals surface area contributed by atoms with Crippen molar-refractivity contribution >= 4 is 0 Å². The van der Waals surface area contributed by atoms with E-state index >= 15 is 0 Å². The molecule has 1 aromatic heterocycles. The number of hydrogen-bond acceptors (Lipinski definition) is 3. The van der Waals surface area contributed by atoms with E-state index in [-0.39, 0.29) is 5.75 Å². The normalized spacial score (nSPS) is 10.6. The van der Waals surface area contributed by atoms with Crippen molar-refractivity contribution in [3.63, 3.8) is 0 Å². The molecule has 3 aromatic rings. The molecular formula is C17H16N2O2. The molecule has 1 N–H and O–H groups in total. The van der Waals surface area contributed by atoms with Crippen LogP contribution in [0.1, 0.15) is 5.56 Å². The SMILES string of the molecule is COc1ccc(-c2nn(-c3ccc(C)cc3)cc2O)cc1. The van der Waals surface area contributed by atoms with Crippen molar-refractivity contribution in [2.45, 2.75) is 6.92 Å². The molecule has 0 amide bonds. The smallest absolute Gasteiger partial charge is 0.162 e. The Morgan fingerprint density at radius 1 is 1.00 bits per heavy atom. The summed E-state index contributed by atoms with van der Waals surface area (Å²) in [6, 6.07) is 15.4. The molecule has 4 nitrogen and oxygen atoms in total. The number of methoxy groups -OCH3 is 1. The maximum absolute atomic E-state index is 10.1. The number of nitrogens with zero attached hydrogens (tertiary/aromatic N) is 2. The quantitative estimate of drug-likeness (QED) is 0.798. The van der Waals surface area contributed by atoms with Crippen LogP contribution in [0.2, 0.25) is 0 Å². The number of hydrogen-bond donors (Lipinski definition) is 1. The Bertz CT molecular complexity index is 743. The first-order chi connectivity index (χ1) is 10.2. The second-order valence-corrected chi connectivity index (χ2v) is 4.87. The van der Waals surface area contributed by atoms with Crippen molar-refractivity contribution in [2.24, 2.45) is 0 Å². The summed E-state index contributed by atoms with van der Waals surface area (Å²) in [6.07, 6.45) is 1.62. The van der Waals surface area contributed by atoms with Gasteiger partial charge in [-0.3, -0.25) is 0 Å². The Morgan fingerprint density at radius 2 is 1.67 bits per heavy atom. The molecule has 0 atom stereocenters. The molecule has 0 fully saturated rings. The summed E-state index contributed by atoms with van der Waals surface area (Å²) in [4.78, 5) is 0. The van der Waals surface area contributed by atoms with E-state index in [0.717, 1.165) is 17.0 Å². The van der Waals surface area contributed by atoms with Crippen LogP contribution >= 0.6 is 0 Å². The Morgan fingerprint density at radius 3 is 2.29 bits per heavy atom. The highest BCUT2D eigenvalue weighted by Gasteiger charge is 2.11. The number of ether oxygens (including phenoxy) is 1. The molecule has 0 bridgehead atoms. The van der Waals surface area contributed by atoms with E-state index < -0.39 is 0 Å². The molecule has 0 saturated carbocycles. The number of benzene rings is 2. The minimum atomic E-state index is 0.153. The number of aromatic hydroxyl groups is 1. The second kappa shape index (κ2) is 5.32. The highest BCUT2D eigenvalue weighted by atomic mass is 16.5. The first kappa shape index (κ1) is 13.2. The van der Waals surface area contributed by atoms with Gasteiger partial charge in [0, 0.05) is 5.56 Å². The van der Waals surface area contributed by atoms with Gasteiger partial charge in [-0.2, -0.15) is 5.10 Å². The van der Waals surface area contributed by atoms with Gasteiger partial charge >= 0.3 is 0 Å². The van der Waals surface area contributed by atoms with Crippen LogP contribution in [0.4, 0.5) is 0 Å². The molecule has 0 saturated heterocycles. The van der Waals surface area contributed by atoms with Gasteiger partial charge in [-0.1, -0.05) is 17.7 Å². The predicted molar refractivity (Wildman–Crippen MR) is 82.0 cm³/mol. The Hall–Kier alpha value is -2.75. The molecule has 0 aliphatic rings. The fourth-order valence-electron chi connectivity index (χ4n) is 2.15. The summed E-state index contributed by atoms with van der Waals surface area (Å²) in [5.74, 6) is 0.928. The fourth-order valence-corrected chi connectivity index (χ4v) is 2.15. The van der Waals surface area contributed by atoms with E-state index in [2.05, 4.69) is 5.10 Å². The van der Waals surface area contributed by atoms with Gasteiger partial charge in [-0.25, -0.2) is 4.68 Å². The van der Waals surface area contributed by atoms with Crippen molar-refractivity contribution in [3.8, 4) is 28.4 Å². The zero-order valence-electron chi connectivity index (χ0n) is 11.9. The van der Waals surface area contributed by atoms with Crippen LogP contribution in [0.15, 0.2) is 54.7 Å². The summed E-state index contributed by atoms with van der Waals surface area (Å²) < 4.78 is 6.81. The number of rotatable bonds is 3. The third-order valence-electron chi connectivity index (χ3n) is 3.36. The van der Waals surface area contributed by atoms with Crippen LogP contribution in [0.5, 0.6) is 11.5 Å². The highest BCUT2D eigenvalue weighted by molar-refractivity contribution is 5.66. The van der Waals surface area contributed by atoms with Crippen LogP contribution < -0.4 is 4.74 Å². The number of aromatic nitrogens is 2. The fraction of sp³-hybridized carbons (Fsp3) is 0.118. The minimum Gasteiger partial charge on any atom is -0.504 e. The molecule has 0 aliphatic heterocycles. The zero-order chi connectivity index (χ0) is 14.8. The molecule has 0 unspecified atom stereocenters. The predicted octanol–water partition coefficient (Wildman–Crippen LogP) is 3.56. The molecule has 2 aromatic carbocycles. The molecule has 1 heterocycles. The van der Waals surface area contributed by atoms with Crippen molar-refractivity contribution in [1.82, 2.24) is 9.78 Å². The molecule has 106 valence electrons. The van der Waals surface area contributed by atoms with Gasteiger partial charge in [0.15, 0.2) is 5.75 Å². The van der Waals surface area contributed by atoms with E-state index in [0.29, 0.717) is 5.69 Å². The molecule has 0 radical (unpaired) electrons. The Balaban J connectivity index is 1.98. The topological polar surface area (TPSA) is 47.3 Å². The molecular weight excluding hydrogens is 264 g/mol. The molecule has 0 spiro atoms. The van der Waals surface area contributed by atoms with Crippen molar-refractivity contribution < 1.29 is 9.84 Å². The standard InChI is InChI=1S/C17H16N2O2/c1-12-3-7-14(8-4-12)19-11-16(20)17(18-19)13-5-9-15(21-2)10-6-13/h3-11,20H,1-2H3. The number of aryl methyl sites for hydroxylation is 1. The maximum Gasteiger partial charge on any atom is 0.162 e. The van der Waals surface area contributed by atoms with Gasteiger partial charge in [0.2, 0.25) is 0 Å². The third-order valence-corrected chi connectivity index (χ3v) is 3.36. The molecule has 4 heteroatoms. The second-order valence-electron chi connectivity index (χ2n) is 4.87. The minimum absolute atomic E-state index is 0.153. The summed E-state index contributed by atoms with van der Waals surface area (Å²) in [6.45, 7) is 2.03. The lowest BCUT2D eigenvalue weighted by Crippen LogP contribution is -1.94. The maximum atomic E-state index is 10.1. The molecule has 21 heavy (non-hydrogen) atoms. The Labute approximate surface area is 123 Å². The average Bonchev–Trinajstić information content (AvgIpc) is 2.90. The lowest BCUT2D eigenvalue weighted by Gasteiger charge is -2.02. The van der Waals surface area contributed by atoms with E-state index in [1.807, 2.05) is 55.5 Å². The van der Waals surface area contributed by atoms with Crippen molar-refractivity contribution in [1.29, 1.82) is 0 Å². The van der Waals surface area contributed by atoms with Gasteiger partial charge in [0.1, 0.15) is 11.4 Å². The largest absolute Gasteiger partial charge is 0.504 e. The Kier molecular flexibility index (Phi) is 3.36. The van der Waals surface area contributed by atoms with Gasteiger partial charge in [0.25, 0.3) is 0 Å². The highest BCUT2D eigenvalue weighted by Crippen LogP contribution is 2.29. The van der Waals surface area contributed by atoms with Gasteiger partial charge in [-0.15, -0.1) is 0 Å². The van der Waals surface area contributed by atoms with Crippen LogP contribution in [0.3, 0.4) is 0 Å². The van der Waals surface area contributed by atoms with E-state index in [1.54, 1.807) is 18.0 Å². The van der Waals surface area contributed by atoms with Crippen LogP contribution in [0.25, 0.3) is 16.9 Å². The average molecular weight is 280 g/mol. The molecule has 0 aliphatic carbocycles. The van der Waals surface area contributed by atoms with Crippen molar-refractivity contribution in [2.75, 3.05) is 7.11 Å². The zero-order valence-corrected chi connectivity index (χ0v) is 11.9. The first-order valence-corrected chi connectivity index (χ1v) is 6.67. The van der Waals surface area contributed by atoms with Crippen molar-refractivity contribution in [3.05, 3.63) is 60.3 Å². The van der Waals surface area contributed by atoms with Crippen LogP contribution in [-0.4, -0.2) is 22.0 Å². The lowest BCUT2D eigenvalue weighted by atomic mass is 10.1. The van der Waals surface area contributed by atoms with Gasteiger partial charge < -0.3 is 9.84 Å². The summed E-state index contributed by atoms with van der Waals surface area (Å²) in [5.41, 5.74) is 3.50. The van der Waals surface area contributed by atoms with Crippen LogP contribution in [0, 0.1) is 6.92 Å². The van der Waals surface area contributed by atoms with E-state index in [9.17, 15) is 5.11 Å². The van der Waals surface area contributed by atoms with Gasteiger partial charge in [-0.05, 0) is 43.3 Å². The lowest BCUT2D eigenvalue weighted by molar-refractivity contribution is 0.415.